The van der Waals surface area contributed by atoms with Gasteiger partial charge in [0.25, 0.3) is 0 Å². The highest BCUT2D eigenvalue weighted by atomic mass is 32.2. The first-order valence-corrected chi connectivity index (χ1v) is 8.88. The van der Waals surface area contributed by atoms with Crippen LogP contribution in [-0.4, -0.2) is 45.9 Å². The normalized spacial score (nSPS) is 19.4. The summed E-state index contributed by atoms with van der Waals surface area (Å²) < 4.78 is 0. The molecule has 0 aromatic carbocycles. The molecule has 21 heavy (non-hydrogen) atoms. The zero-order chi connectivity index (χ0) is 14.5. The fourth-order valence-corrected chi connectivity index (χ4v) is 3.84. The highest BCUT2D eigenvalue weighted by molar-refractivity contribution is 8.00. The first-order valence-electron chi connectivity index (χ1n) is 7.83. The average Bonchev–Trinajstić information content (AvgIpc) is 3.37. The maximum absolute atomic E-state index is 12.5. The van der Waals surface area contributed by atoms with Crippen molar-refractivity contribution in [3.63, 3.8) is 0 Å². The minimum absolute atomic E-state index is 0.304. The van der Waals surface area contributed by atoms with E-state index in [9.17, 15) is 4.79 Å². The number of piperidine rings is 1. The topological polar surface area (TPSA) is 45.2 Å². The number of hydrogen-bond acceptors (Lipinski definition) is 4. The number of carbonyl (C=O) groups excluding carboxylic acids is 1. The number of rotatable bonds is 6. The minimum atomic E-state index is 0.304. The van der Waals surface area contributed by atoms with Crippen molar-refractivity contribution in [1.82, 2.24) is 15.2 Å². The fourth-order valence-electron chi connectivity index (χ4n) is 2.73. The standard InChI is InChI=1S/C16H23N3OS/c20-16(12-21-15-5-9-18-10-6-15)19(14-1-2-14)11-13-3-7-17-8-4-13/h3-4,7-8,14-15,18H,1-2,5-6,9-12H2. The van der Waals surface area contributed by atoms with Crippen LogP contribution in [0.4, 0.5) is 0 Å². The molecule has 4 nitrogen and oxygen atoms in total. The molecular formula is C16H23N3OS. The highest BCUT2D eigenvalue weighted by Gasteiger charge is 2.32. The quantitative estimate of drug-likeness (QED) is 0.874. The molecule has 114 valence electrons. The van der Waals surface area contributed by atoms with Crippen LogP contribution in [0.2, 0.25) is 0 Å². The number of thioether (sulfide) groups is 1. The third-order valence-corrected chi connectivity index (χ3v) is 5.50. The summed E-state index contributed by atoms with van der Waals surface area (Å²) in [6, 6.07) is 4.48. The van der Waals surface area contributed by atoms with E-state index in [0.29, 0.717) is 23.0 Å². The largest absolute Gasteiger partial charge is 0.335 e. The van der Waals surface area contributed by atoms with Gasteiger partial charge in [-0.2, -0.15) is 0 Å². The van der Waals surface area contributed by atoms with Crippen LogP contribution in [0, 0.1) is 0 Å². The van der Waals surface area contributed by atoms with Crippen LogP contribution >= 0.6 is 11.8 Å². The van der Waals surface area contributed by atoms with E-state index < -0.39 is 0 Å². The predicted octanol–water partition coefficient (Wildman–Crippen LogP) is 2.06. The van der Waals surface area contributed by atoms with Gasteiger partial charge in [0, 0.05) is 30.2 Å². The second-order valence-electron chi connectivity index (χ2n) is 5.87. The van der Waals surface area contributed by atoms with Gasteiger partial charge in [-0.05, 0) is 56.5 Å². The Hall–Kier alpha value is -1.07. The number of carbonyl (C=O) groups is 1. The van der Waals surface area contributed by atoms with Gasteiger partial charge >= 0.3 is 0 Å². The molecule has 0 bridgehead atoms. The molecule has 1 N–H and O–H groups in total. The molecule has 1 amide bonds. The zero-order valence-corrected chi connectivity index (χ0v) is 13.1. The van der Waals surface area contributed by atoms with E-state index >= 15 is 0 Å². The Labute approximate surface area is 130 Å². The van der Waals surface area contributed by atoms with Gasteiger partial charge in [0.1, 0.15) is 0 Å². The summed E-state index contributed by atoms with van der Waals surface area (Å²) >= 11 is 1.85. The Morgan fingerprint density at radius 1 is 1.24 bits per heavy atom. The monoisotopic (exact) mass is 305 g/mol. The van der Waals surface area contributed by atoms with Gasteiger partial charge in [0.05, 0.1) is 5.75 Å². The van der Waals surface area contributed by atoms with Crippen molar-refractivity contribution in [2.24, 2.45) is 0 Å². The summed E-state index contributed by atoms with van der Waals surface area (Å²) in [7, 11) is 0. The first kappa shape index (κ1) is 14.9. The van der Waals surface area contributed by atoms with E-state index in [1.165, 1.54) is 18.4 Å². The smallest absolute Gasteiger partial charge is 0.233 e. The minimum Gasteiger partial charge on any atom is -0.335 e. The molecule has 2 heterocycles. The molecule has 5 heteroatoms. The van der Waals surface area contributed by atoms with Crippen LogP contribution in [0.15, 0.2) is 24.5 Å². The van der Waals surface area contributed by atoms with Gasteiger partial charge < -0.3 is 10.2 Å². The van der Waals surface area contributed by atoms with Crippen molar-refractivity contribution in [1.29, 1.82) is 0 Å². The SMILES string of the molecule is O=C(CSC1CCNCC1)N(Cc1ccncc1)C1CC1. The lowest BCUT2D eigenvalue weighted by Crippen LogP contribution is -2.35. The van der Waals surface area contributed by atoms with Crippen molar-refractivity contribution >= 4 is 17.7 Å². The van der Waals surface area contributed by atoms with Gasteiger partial charge in [-0.15, -0.1) is 11.8 Å². The summed E-state index contributed by atoms with van der Waals surface area (Å²) in [5.41, 5.74) is 1.18. The van der Waals surface area contributed by atoms with E-state index in [2.05, 4.69) is 15.2 Å². The van der Waals surface area contributed by atoms with Crippen molar-refractivity contribution in [3.8, 4) is 0 Å². The zero-order valence-electron chi connectivity index (χ0n) is 12.3. The maximum atomic E-state index is 12.5. The fraction of sp³-hybridized carbons (Fsp3) is 0.625. The maximum Gasteiger partial charge on any atom is 0.233 e. The predicted molar refractivity (Wildman–Crippen MR) is 86.2 cm³/mol. The third-order valence-electron chi connectivity index (χ3n) is 4.14. The van der Waals surface area contributed by atoms with Crippen LogP contribution in [0.3, 0.4) is 0 Å². The molecule has 1 aliphatic heterocycles. The molecule has 0 atom stereocenters. The van der Waals surface area contributed by atoms with Crippen LogP contribution in [0.5, 0.6) is 0 Å². The summed E-state index contributed by atoms with van der Waals surface area (Å²) in [6.07, 6.45) is 8.30. The number of aromatic nitrogens is 1. The molecule has 1 aromatic rings. The van der Waals surface area contributed by atoms with E-state index in [4.69, 9.17) is 0 Å². The second kappa shape index (κ2) is 7.27. The Morgan fingerprint density at radius 3 is 2.62 bits per heavy atom. The lowest BCUT2D eigenvalue weighted by Gasteiger charge is -2.25. The van der Waals surface area contributed by atoms with Crippen LogP contribution in [0.1, 0.15) is 31.2 Å². The van der Waals surface area contributed by atoms with Crippen molar-refractivity contribution in [3.05, 3.63) is 30.1 Å². The molecule has 1 saturated heterocycles. The molecular weight excluding hydrogens is 282 g/mol. The molecule has 0 radical (unpaired) electrons. The van der Waals surface area contributed by atoms with Gasteiger partial charge in [-0.3, -0.25) is 9.78 Å². The van der Waals surface area contributed by atoms with Crippen molar-refractivity contribution in [2.45, 2.75) is 43.5 Å². The van der Waals surface area contributed by atoms with E-state index in [1.54, 1.807) is 12.4 Å². The van der Waals surface area contributed by atoms with Crippen LogP contribution < -0.4 is 5.32 Å². The Balaban J connectivity index is 1.52. The Morgan fingerprint density at radius 2 is 1.95 bits per heavy atom. The molecule has 1 aliphatic carbocycles. The first-order chi connectivity index (χ1) is 10.3. The lowest BCUT2D eigenvalue weighted by molar-refractivity contribution is -0.129. The highest BCUT2D eigenvalue weighted by Crippen LogP contribution is 2.30. The van der Waals surface area contributed by atoms with E-state index in [1.807, 2.05) is 23.9 Å². The molecule has 0 unspecified atom stereocenters. The summed E-state index contributed by atoms with van der Waals surface area (Å²) in [6.45, 7) is 2.92. The Bertz CT molecular complexity index is 458. The summed E-state index contributed by atoms with van der Waals surface area (Å²) in [4.78, 5) is 18.7. The van der Waals surface area contributed by atoms with Gasteiger partial charge in [-0.1, -0.05) is 0 Å². The third kappa shape index (κ3) is 4.45. The van der Waals surface area contributed by atoms with Crippen LogP contribution in [0.25, 0.3) is 0 Å². The van der Waals surface area contributed by atoms with Gasteiger partial charge in [-0.25, -0.2) is 0 Å². The summed E-state index contributed by atoms with van der Waals surface area (Å²) in [5, 5.41) is 4.02. The van der Waals surface area contributed by atoms with E-state index in [-0.39, 0.29) is 0 Å². The van der Waals surface area contributed by atoms with Crippen molar-refractivity contribution in [2.75, 3.05) is 18.8 Å². The molecule has 2 aliphatic rings. The molecule has 0 spiro atoms. The van der Waals surface area contributed by atoms with Crippen molar-refractivity contribution < 1.29 is 4.79 Å². The van der Waals surface area contributed by atoms with Gasteiger partial charge in [0.15, 0.2) is 0 Å². The lowest BCUT2D eigenvalue weighted by atomic mass is 10.2. The van der Waals surface area contributed by atoms with Crippen LogP contribution in [-0.2, 0) is 11.3 Å². The number of amides is 1. The number of nitrogens with zero attached hydrogens (tertiary/aromatic N) is 2. The number of pyridine rings is 1. The van der Waals surface area contributed by atoms with E-state index in [0.717, 1.165) is 32.5 Å². The summed E-state index contributed by atoms with van der Waals surface area (Å²) in [5.74, 6) is 0.935. The molecule has 3 rings (SSSR count). The molecule has 2 fully saturated rings. The Kier molecular flexibility index (Phi) is 5.14. The van der Waals surface area contributed by atoms with Gasteiger partial charge in [0.2, 0.25) is 5.91 Å². The molecule has 1 saturated carbocycles. The second-order valence-corrected chi connectivity index (χ2v) is 7.16. The average molecular weight is 305 g/mol. The number of nitrogens with one attached hydrogen (secondary N) is 1. The number of hydrogen-bond donors (Lipinski definition) is 1. The molecule has 1 aromatic heterocycles.